The van der Waals surface area contributed by atoms with E-state index in [0.717, 1.165) is 4.88 Å². The largest absolute Gasteiger partial charge is 0.289 e. The molecule has 0 aliphatic heterocycles. The molecule has 0 unspecified atom stereocenters. The Kier molecular flexibility index (Phi) is 2.74. The molecule has 15 heavy (non-hydrogen) atoms. The minimum atomic E-state index is -0.0643. The molecule has 74 valence electrons. The Labute approximate surface area is 91.9 Å². The fraction of sp³-hybridized carbons (Fsp3) is 0. The topological polar surface area (TPSA) is 30.0 Å². The van der Waals surface area contributed by atoms with Crippen LogP contribution in [-0.4, -0.2) is 10.8 Å². The lowest BCUT2D eigenvalue weighted by molar-refractivity contribution is 0.105. The summed E-state index contributed by atoms with van der Waals surface area (Å²) in [7, 11) is 0. The molecule has 2 aromatic rings. The second-order valence-electron chi connectivity index (χ2n) is 3.03. The summed E-state index contributed by atoms with van der Waals surface area (Å²) in [6.07, 6.45) is 3.20. The number of hydrogen-bond donors (Lipinski definition) is 0. The van der Waals surface area contributed by atoms with E-state index >= 15 is 0 Å². The van der Waals surface area contributed by atoms with Crippen LogP contribution in [0, 0.1) is 0 Å². The third-order valence-corrected chi connectivity index (χ3v) is 2.95. The molecule has 2 rings (SSSR count). The molecule has 0 atom stereocenters. The third kappa shape index (κ3) is 2.02. The van der Waals surface area contributed by atoms with E-state index in [1.165, 1.54) is 11.3 Å². The van der Waals surface area contributed by atoms with Gasteiger partial charge in [-0.25, -0.2) is 0 Å². The SMILES string of the molecule is C=C(C(=O)c1cccnc1)c1cccs1. The number of carbonyl (C=O) groups excluding carboxylic acids is 1. The highest BCUT2D eigenvalue weighted by Gasteiger charge is 2.12. The summed E-state index contributed by atoms with van der Waals surface area (Å²) in [6.45, 7) is 3.81. The van der Waals surface area contributed by atoms with Crippen LogP contribution in [0.1, 0.15) is 15.2 Å². The molecule has 0 amide bonds. The van der Waals surface area contributed by atoms with Crippen LogP contribution in [0.25, 0.3) is 5.57 Å². The molecule has 0 saturated carbocycles. The molecule has 3 heteroatoms. The maximum Gasteiger partial charge on any atom is 0.195 e. The van der Waals surface area contributed by atoms with Gasteiger partial charge < -0.3 is 0 Å². The van der Waals surface area contributed by atoms with E-state index < -0.39 is 0 Å². The first kappa shape index (κ1) is 9.80. The number of aromatic nitrogens is 1. The number of ketones is 1. The van der Waals surface area contributed by atoms with Crippen molar-refractivity contribution in [2.24, 2.45) is 0 Å². The molecule has 2 nitrogen and oxygen atoms in total. The van der Waals surface area contributed by atoms with Crippen LogP contribution in [0.5, 0.6) is 0 Å². The van der Waals surface area contributed by atoms with Gasteiger partial charge in [-0.1, -0.05) is 12.6 Å². The quantitative estimate of drug-likeness (QED) is 0.582. The van der Waals surface area contributed by atoms with E-state index in [2.05, 4.69) is 11.6 Å². The Morgan fingerprint density at radius 3 is 2.80 bits per heavy atom. The lowest BCUT2D eigenvalue weighted by Crippen LogP contribution is -2.00. The highest BCUT2D eigenvalue weighted by atomic mass is 32.1. The van der Waals surface area contributed by atoms with E-state index in [-0.39, 0.29) is 5.78 Å². The third-order valence-electron chi connectivity index (χ3n) is 2.02. The minimum Gasteiger partial charge on any atom is -0.289 e. The van der Waals surface area contributed by atoms with Gasteiger partial charge in [0.2, 0.25) is 0 Å². The smallest absolute Gasteiger partial charge is 0.195 e. The van der Waals surface area contributed by atoms with E-state index in [9.17, 15) is 4.79 Å². The second kappa shape index (κ2) is 4.19. The number of pyridine rings is 1. The van der Waals surface area contributed by atoms with E-state index in [0.29, 0.717) is 11.1 Å². The molecule has 0 N–H and O–H groups in total. The predicted octanol–water partition coefficient (Wildman–Crippen LogP) is 3.04. The van der Waals surface area contributed by atoms with Crippen LogP contribution in [0.15, 0.2) is 48.6 Å². The summed E-state index contributed by atoms with van der Waals surface area (Å²) in [6, 6.07) is 7.28. The number of hydrogen-bond acceptors (Lipinski definition) is 3. The monoisotopic (exact) mass is 215 g/mol. The highest BCUT2D eigenvalue weighted by Crippen LogP contribution is 2.21. The Morgan fingerprint density at radius 2 is 2.20 bits per heavy atom. The molecule has 0 fully saturated rings. The number of thiophene rings is 1. The fourth-order valence-electron chi connectivity index (χ4n) is 1.23. The molecule has 2 heterocycles. The molecular weight excluding hydrogens is 206 g/mol. The van der Waals surface area contributed by atoms with Crippen molar-refractivity contribution in [1.82, 2.24) is 4.98 Å². The average Bonchev–Trinajstić information content (AvgIpc) is 2.82. The van der Waals surface area contributed by atoms with Gasteiger partial charge in [-0.2, -0.15) is 0 Å². The first-order chi connectivity index (χ1) is 7.29. The van der Waals surface area contributed by atoms with Crippen molar-refractivity contribution < 1.29 is 4.79 Å². The highest BCUT2D eigenvalue weighted by molar-refractivity contribution is 7.11. The van der Waals surface area contributed by atoms with Crippen molar-refractivity contribution in [3.63, 3.8) is 0 Å². The van der Waals surface area contributed by atoms with Gasteiger partial charge in [-0.15, -0.1) is 11.3 Å². The summed E-state index contributed by atoms with van der Waals surface area (Å²) in [5, 5.41) is 1.93. The van der Waals surface area contributed by atoms with Crippen molar-refractivity contribution in [3.05, 3.63) is 59.1 Å². The Morgan fingerprint density at radius 1 is 1.33 bits per heavy atom. The van der Waals surface area contributed by atoms with Crippen LogP contribution in [-0.2, 0) is 0 Å². The average molecular weight is 215 g/mol. The number of Topliss-reactive ketones (excluding diaryl/α,β-unsaturated/α-hetero) is 1. The Balaban J connectivity index is 2.27. The Hall–Kier alpha value is -1.74. The number of carbonyl (C=O) groups is 1. The normalized spacial score (nSPS) is 9.87. The second-order valence-corrected chi connectivity index (χ2v) is 3.97. The zero-order chi connectivity index (χ0) is 10.7. The van der Waals surface area contributed by atoms with Gasteiger partial charge in [0.15, 0.2) is 5.78 Å². The summed E-state index contributed by atoms with van der Waals surface area (Å²) < 4.78 is 0. The molecule has 0 spiro atoms. The number of nitrogens with zero attached hydrogens (tertiary/aromatic N) is 1. The number of allylic oxidation sites excluding steroid dienone is 1. The van der Waals surface area contributed by atoms with Gasteiger partial charge in [0.25, 0.3) is 0 Å². The van der Waals surface area contributed by atoms with Gasteiger partial charge in [0.05, 0.1) is 0 Å². The first-order valence-corrected chi connectivity index (χ1v) is 5.34. The van der Waals surface area contributed by atoms with E-state index in [4.69, 9.17) is 0 Å². The van der Waals surface area contributed by atoms with Crippen molar-refractivity contribution in [2.75, 3.05) is 0 Å². The van der Waals surface area contributed by atoms with Gasteiger partial charge in [-0.05, 0) is 23.6 Å². The van der Waals surface area contributed by atoms with Gasteiger partial charge >= 0.3 is 0 Å². The van der Waals surface area contributed by atoms with Crippen LogP contribution < -0.4 is 0 Å². The van der Waals surface area contributed by atoms with Gasteiger partial charge in [0.1, 0.15) is 0 Å². The summed E-state index contributed by atoms with van der Waals surface area (Å²) in [5.74, 6) is -0.0643. The minimum absolute atomic E-state index is 0.0643. The lowest BCUT2D eigenvalue weighted by Gasteiger charge is -2.01. The van der Waals surface area contributed by atoms with Gasteiger partial charge in [-0.3, -0.25) is 9.78 Å². The molecule has 0 saturated heterocycles. The first-order valence-electron chi connectivity index (χ1n) is 4.46. The maximum atomic E-state index is 11.9. The Bertz CT molecular complexity index is 474. The maximum absolute atomic E-state index is 11.9. The van der Waals surface area contributed by atoms with Crippen LogP contribution in [0.2, 0.25) is 0 Å². The van der Waals surface area contributed by atoms with Crippen LogP contribution >= 0.6 is 11.3 Å². The zero-order valence-corrected chi connectivity index (χ0v) is 8.83. The standard InChI is InChI=1S/C12H9NOS/c1-9(11-5-3-7-15-11)12(14)10-4-2-6-13-8-10/h2-8H,1H2. The van der Waals surface area contributed by atoms with Crippen molar-refractivity contribution in [2.45, 2.75) is 0 Å². The predicted molar refractivity (Wildman–Crippen MR) is 61.9 cm³/mol. The van der Waals surface area contributed by atoms with Crippen LogP contribution in [0.3, 0.4) is 0 Å². The fourth-order valence-corrected chi connectivity index (χ4v) is 1.93. The van der Waals surface area contributed by atoms with Gasteiger partial charge in [0, 0.05) is 28.4 Å². The summed E-state index contributed by atoms with van der Waals surface area (Å²) in [5.41, 5.74) is 1.11. The van der Waals surface area contributed by atoms with E-state index in [1.807, 2.05) is 17.5 Å². The molecule has 0 aliphatic carbocycles. The van der Waals surface area contributed by atoms with Crippen molar-refractivity contribution in [3.8, 4) is 0 Å². The van der Waals surface area contributed by atoms with Crippen LogP contribution in [0.4, 0.5) is 0 Å². The molecule has 2 aromatic heterocycles. The van der Waals surface area contributed by atoms with E-state index in [1.54, 1.807) is 24.5 Å². The number of rotatable bonds is 3. The summed E-state index contributed by atoms with van der Waals surface area (Å²) in [4.78, 5) is 16.7. The van der Waals surface area contributed by atoms with Crippen molar-refractivity contribution >= 4 is 22.7 Å². The molecular formula is C12H9NOS. The molecule has 0 bridgehead atoms. The molecule has 0 radical (unpaired) electrons. The molecule has 0 aliphatic rings. The molecule has 0 aromatic carbocycles. The zero-order valence-electron chi connectivity index (χ0n) is 8.01. The summed E-state index contributed by atoms with van der Waals surface area (Å²) >= 11 is 1.51. The van der Waals surface area contributed by atoms with Crippen molar-refractivity contribution in [1.29, 1.82) is 0 Å². The lowest BCUT2D eigenvalue weighted by atomic mass is 10.1.